The van der Waals surface area contributed by atoms with Gasteiger partial charge >= 0.3 is 0 Å². The zero-order valence-corrected chi connectivity index (χ0v) is 17.2. The molecule has 144 valence electrons. The predicted octanol–water partition coefficient (Wildman–Crippen LogP) is 1.88. The molecule has 0 aromatic heterocycles. The summed E-state index contributed by atoms with van der Waals surface area (Å²) in [4.78, 5) is 22.3. The molecule has 0 radical (unpaired) electrons. The van der Waals surface area contributed by atoms with E-state index in [2.05, 4.69) is 56.2 Å². The summed E-state index contributed by atoms with van der Waals surface area (Å²) in [5, 5.41) is 0. The molecule has 5 nitrogen and oxygen atoms in total. The van der Waals surface area contributed by atoms with Crippen molar-refractivity contribution in [2.75, 3.05) is 45.8 Å². The fourth-order valence-electron chi connectivity index (χ4n) is 4.56. The predicted molar refractivity (Wildman–Crippen MR) is 103 cm³/mol. The lowest BCUT2D eigenvalue weighted by atomic mass is 9.93. The summed E-state index contributed by atoms with van der Waals surface area (Å²) in [7, 11) is 0. The van der Waals surface area contributed by atoms with Crippen molar-refractivity contribution in [3.8, 4) is 0 Å². The first kappa shape index (κ1) is 19.1. The van der Waals surface area contributed by atoms with Crippen LogP contribution >= 0.6 is 0 Å². The van der Waals surface area contributed by atoms with Crippen molar-refractivity contribution >= 4 is 5.91 Å². The van der Waals surface area contributed by atoms with E-state index in [-0.39, 0.29) is 5.54 Å². The lowest BCUT2D eigenvalue weighted by Crippen LogP contribution is -2.66. The maximum atomic E-state index is 12.5. The molecule has 0 N–H and O–H groups in total. The first-order valence-corrected chi connectivity index (χ1v) is 10.1. The fourth-order valence-corrected chi connectivity index (χ4v) is 4.56. The topological polar surface area (TPSA) is 30.0 Å². The summed E-state index contributed by atoms with van der Waals surface area (Å²) < 4.78 is 0. The van der Waals surface area contributed by atoms with Crippen molar-refractivity contribution < 1.29 is 4.79 Å². The van der Waals surface area contributed by atoms with E-state index >= 15 is 0 Å². The summed E-state index contributed by atoms with van der Waals surface area (Å²) in [6.45, 7) is 20.7. The van der Waals surface area contributed by atoms with Crippen LogP contribution in [0.15, 0.2) is 0 Å². The van der Waals surface area contributed by atoms with Gasteiger partial charge in [-0.05, 0) is 54.4 Å². The van der Waals surface area contributed by atoms with E-state index in [1.54, 1.807) is 0 Å². The standard InChI is InChI=1S/C20H38N4O/c1-19(2,3)23-13-17(14-23)21-9-7-16(8-10-21)22-11-12-24(18(25)15-22)20(4,5)6/h16-17H,7-15H2,1-6H3. The van der Waals surface area contributed by atoms with Gasteiger partial charge in [0.1, 0.15) is 0 Å². The number of hydrogen-bond donors (Lipinski definition) is 0. The molecule has 0 aliphatic carbocycles. The van der Waals surface area contributed by atoms with Crippen LogP contribution in [0.5, 0.6) is 0 Å². The van der Waals surface area contributed by atoms with Crippen LogP contribution in [0, 0.1) is 0 Å². The van der Waals surface area contributed by atoms with Crippen molar-refractivity contribution in [2.24, 2.45) is 0 Å². The van der Waals surface area contributed by atoms with Crippen LogP contribution in [0.25, 0.3) is 0 Å². The van der Waals surface area contributed by atoms with Crippen LogP contribution in [0.3, 0.4) is 0 Å². The van der Waals surface area contributed by atoms with Gasteiger partial charge in [-0.2, -0.15) is 0 Å². The minimum Gasteiger partial charge on any atom is -0.335 e. The number of amides is 1. The van der Waals surface area contributed by atoms with Gasteiger partial charge < -0.3 is 4.90 Å². The summed E-state index contributed by atoms with van der Waals surface area (Å²) in [6, 6.07) is 1.35. The highest BCUT2D eigenvalue weighted by molar-refractivity contribution is 5.79. The van der Waals surface area contributed by atoms with Gasteiger partial charge in [0.05, 0.1) is 6.54 Å². The summed E-state index contributed by atoms with van der Waals surface area (Å²) in [5.74, 6) is 0.306. The summed E-state index contributed by atoms with van der Waals surface area (Å²) >= 11 is 0. The van der Waals surface area contributed by atoms with Crippen molar-refractivity contribution in [1.29, 1.82) is 0 Å². The largest absolute Gasteiger partial charge is 0.335 e. The van der Waals surface area contributed by atoms with E-state index in [9.17, 15) is 4.79 Å². The van der Waals surface area contributed by atoms with Gasteiger partial charge in [-0.3, -0.25) is 19.5 Å². The van der Waals surface area contributed by atoms with Gasteiger partial charge in [-0.1, -0.05) is 0 Å². The van der Waals surface area contributed by atoms with Crippen molar-refractivity contribution in [3.63, 3.8) is 0 Å². The van der Waals surface area contributed by atoms with Crippen LogP contribution in [-0.2, 0) is 4.79 Å². The number of carbonyl (C=O) groups excluding carboxylic acids is 1. The highest BCUT2D eigenvalue weighted by Crippen LogP contribution is 2.28. The zero-order chi connectivity index (χ0) is 18.4. The summed E-state index contributed by atoms with van der Waals surface area (Å²) in [5.41, 5.74) is 0.262. The molecule has 3 fully saturated rings. The van der Waals surface area contributed by atoms with Gasteiger partial charge in [0.15, 0.2) is 0 Å². The molecule has 0 spiro atoms. The molecule has 3 aliphatic rings. The minimum atomic E-state index is -0.0459. The molecule has 0 bridgehead atoms. The van der Waals surface area contributed by atoms with Gasteiger partial charge in [-0.15, -0.1) is 0 Å². The molecule has 0 aromatic carbocycles. The third kappa shape index (κ3) is 4.20. The Morgan fingerprint density at radius 3 is 1.84 bits per heavy atom. The normalized spacial score (nSPS) is 27.0. The highest BCUT2D eigenvalue weighted by atomic mass is 16.2. The Morgan fingerprint density at radius 1 is 0.760 bits per heavy atom. The minimum absolute atomic E-state index is 0.0459. The van der Waals surface area contributed by atoms with E-state index in [4.69, 9.17) is 0 Å². The van der Waals surface area contributed by atoms with Crippen molar-refractivity contribution in [2.45, 2.75) is 77.5 Å². The van der Waals surface area contributed by atoms with E-state index < -0.39 is 0 Å². The van der Waals surface area contributed by atoms with Gasteiger partial charge in [0, 0.05) is 62.4 Å². The molecule has 3 aliphatic heterocycles. The SMILES string of the molecule is CC(C)(C)N1CC(N2CCC(N3CCN(C(C)(C)C)C(=O)C3)CC2)C1. The quantitative estimate of drug-likeness (QED) is 0.761. The van der Waals surface area contributed by atoms with Crippen LogP contribution in [0.1, 0.15) is 54.4 Å². The number of rotatable bonds is 2. The van der Waals surface area contributed by atoms with Crippen molar-refractivity contribution in [1.82, 2.24) is 19.6 Å². The number of hydrogen-bond acceptors (Lipinski definition) is 4. The lowest BCUT2D eigenvalue weighted by molar-refractivity contribution is -0.143. The molecule has 0 aromatic rings. The Morgan fingerprint density at radius 2 is 1.36 bits per heavy atom. The Hall–Kier alpha value is -0.650. The molecule has 3 saturated heterocycles. The van der Waals surface area contributed by atoms with Crippen LogP contribution in [0.2, 0.25) is 0 Å². The highest BCUT2D eigenvalue weighted by Gasteiger charge is 2.40. The van der Waals surface area contributed by atoms with Gasteiger partial charge in [-0.25, -0.2) is 0 Å². The second kappa shape index (κ2) is 6.82. The van der Waals surface area contributed by atoms with E-state index in [1.165, 1.54) is 39.0 Å². The van der Waals surface area contributed by atoms with Crippen LogP contribution in [0.4, 0.5) is 0 Å². The first-order valence-electron chi connectivity index (χ1n) is 10.1. The van der Waals surface area contributed by atoms with Gasteiger partial charge in [0.25, 0.3) is 0 Å². The fraction of sp³-hybridized carbons (Fsp3) is 0.950. The monoisotopic (exact) mass is 350 g/mol. The Kier molecular flexibility index (Phi) is 5.22. The molecule has 5 heteroatoms. The average Bonchev–Trinajstić information content (AvgIpc) is 2.43. The Bertz CT molecular complexity index is 479. The number of piperazine rings is 1. The lowest BCUT2D eigenvalue weighted by Gasteiger charge is -2.53. The Labute approximate surface area is 154 Å². The molecule has 25 heavy (non-hydrogen) atoms. The smallest absolute Gasteiger partial charge is 0.237 e. The molecule has 0 unspecified atom stereocenters. The Balaban J connectivity index is 1.44. The molecule has 0 saturated carbocycles. The van der Waals surface area contributed by atoms with E-state index in [1.807, 2.05) is 4.90 Å². The molecular weight excluding hydrogens is 312 g/mol. The molecule has 3 heterocycles. The van der Waals surface area contributed by atoms with E-state index in [0.717, 1.165) is 19.1 Å². The first-order chi connectivity index (χ1) is 11.6. The van der Waals surface area contributed by atoms with Crippen molar-refractivity contribution in [3.05, 3.63) is 0 Å². The molecule has 0 atom stereocenters. The maximum absolute atomic E-state index is 12.5. The zero-order valence-electron chi connectivity index (χ0n) is 17.2. The number of likely N-dealkylation sites (tertiary alicyclic amines) is 2. The number of carbonyl (C=O) groups is 1. The third-order valence-corrected chi connectivity index (χ3v) is 6.40. The van der Waals surface area contributed by atoms with Gasteiger partial charge in [0.2, 0.25) is 5.91 Å². The second-order valence-corrected chi connectivity index (χ2v) is 10.2. The van der Waals surface area contributed by atoms with Crippen LogP contribution < -0.4 is 0 Å². The van der Waals surface area contributed by atoms with E-state index in [0.29, 0.717) is 24.0 Å². The summed E-state index contributed by atoms with van der Waals surface area (Å²) in [6.07, 6.45) is 2.43. The third-order valence-electron chi connectivity index (χ3n) is 6.40. The average molecular weight is 351 g/mol. The maximum Gasteiger partial charge on any atom is 0.237 e. The molecule has 3 rings (SSSR count). The molecular formula is C20H38N4O. The molecule has 1 amide bonds. The second-order valence-electron chi connectivity index (χ2n) is 10.2. The number of nitrogens with zero attached hydrogens (tertiary/aromatic N) is 4. The van der Waals surface area contributed by atoms with Crippen LogP contribution in [-0.4, -0.2) is 94.5 Å². The number of piperidine rings is 1.